The zero-order valence-corrected chi connectivity index (χ0v) is 12.7. The molecule has 1 unspecified atom stereocenters. The van der Waals surface area contributed by atoms with Crippen molar-refractivity contribution in [1.29, 1.82) is 0 Å². The average molecular weight is 278 g/mol. The molecule has 0 aliphatic carbocycles. The minimum atomic E-state index is 0.128. The Morgan fingerprint density at radius 2 is 2.10 bits per heavy atom. The molecule has 1 saturated heterocycles. The lowest BCUT2D eigenvalue weighted by molar-refractivity contribution is 0.200. The van der Waals surface area contributed by atoms with Crippen molar-refractivity contribution < 1.29 is 9.84 Å². The van der Waals surface area contributed by atoms with E-state index in [9.17, 15) is 5.11 Å². The van der Waals surface area contributed by atoms with E-state index in [0.29, 0.717) is 11.8 Å². The topological polar surface area (TPSA) is 44.7 Å². The van der Waals surface area contributed by atoms with Crippen LogP contribution in [0.4, 0.5) is 0 Å². The van der Waals surface area contributed by atoms with Crippen molar-refractivity contribution in [2.45, 2.75) is 38.8 Å². The Kier molecular flexibility index (Phi) is 5.26. The van der Waals surface area contributed by atoms with Gasteiger partial charge in [-0.2, -0.15) is 0 Å². The van der Waals surface area contributed by atoms with Crippen LogP contribution >= 0.6 is 0 Å². The van der Waals surface area contributed by atoms with Crippen LogP contribution in [0.25, 0.3) is 0 Å². The summed E-state index contributed by atoms with van der Waals surface area (Å²) in [6.07, 6.45) is 2.34. The summed E-state index contributed by atoms with van der Waals surface area (Å²) in [5.41, 5.74) is 0.905. The Labute approximate surface area is 121 Å². The highest BCUT2D eigenvalue weighted by atomic mass is 16.5. The third-order valence-electron chi connectivity index (χ3n) is 4.22. The Balaban J connectivity index is 1.96. The van der Waals surface area contributed by atoms with Crippen molar-refractivity contribution >= 4 is 0 Å². The summed E-state index contributed by atoms with van der Waals surface area (Å²) >= 11 is 0. The van der Waals surface area contributed by atoms with Gasteiger partial charge in [0.2, 0.25) is 0 Å². The first kappa shape index (κ1) is 15.1. The highest BCUT2D eigenvalue weighted by molar-refractivity contribution is 5.41. The minimum absolute atomic E-state index is 0.128. The third-order valence-corrected chi connectivity index (χ3v) is 4.22. The first-order valence-electron chi connectivity index (χ1n) is 7.49. The molecular weight excluding hydrogens is 252 g/mol. The van der Waals surface area contributed by atoms with Gasteiger partial charge < -0.3 is 20.1 Å². The van der Waals surface area contributed by atoms with Crippen LogP contribution in [0.2, 0.25) is 0 Å². The van der Waals surface area contributed by atoms with Gasteiger partial charge >= 0.3 is 0 Å². The van der Waals surface area contributed by atoms with E-state index in [1.54, 1.807) is 19.2 Å². The number of methoxy groups -OCH3 is 1. The van der Waals surface area contributed by atoms with Gasteiger partial charge in [0, 0.05) is 17.6 Å². The predicted molar refractivity (Wildman–Crippen MR) is 81.3 cm³/mol. The Morgan fingerprint density at radius 3 is 2.70 bits per heavy atom. The Bertz CT molecular complexity index is 428. The quantitative estimate of drug-likeness (QED) is 0.869. The van der Waals surface area contributed by atoms with E-state index in [4.69, 9.17) is 4.74 Å². The minimum Gasteiger partial charge on any atom is -0.508 e. The maximum absolute atomic E-state index is 10.0. The number of phenols is 1. The fourth-order valence-electron chi connectivity index (χ4n) is 2.87. The van der Waals surface area contributed by atoms with E-state index in [1.165, 1.54) is 12.8 Å². The number of likely N-dealkylation sites (tertiary alicyclic amines) is 1. The molecule has 1 aromatic rings. The van der Waals surface area contributed by atoms with Crippen molar-refractivity contribution in [3.63, 3.8) is 0 Å². The van der Waals surface area contributed by atoms with Gasteiger partial charge in [-0.15, -0.1) is 0 Å². The number of ether oxygens (including phenoxy) is 1. The maximum Gasteiger partial charge on any atom is 0.120 e. The van der Waals surface area contributed by atoms with Crippen LogP contribution in [-0.4, -0.2) is 42.8 Å². The summed E-state index contributed by atoms with van der Waals surface area (Å²) in [5.74, 6) is 1.11. The molecule has 0 aromatic heterocycles. The van der Waals surface area contributed by atoms with Crippen LogP contribution in [0.5, 0.6) is 11.5 Å². The second kappa shape index (κ2) is 6.95. The number of benzene rings is 1. The number of hydrogen-bond acceptors (Lipinski definition) is 4. The van der Waals surface area contributed by atoms with Crippen molar-refractivity contribution in [3.05, 3.63) is 23.8 Å². The molecule has 1 heterocycles. The van der Waals surface area contributed by atoms with E-state index in [-0.39, 0.29) is 6.04 Å². The SMILES string of the molecule is CCN1CCC(NC(C)c2cc(OC)ccc2O)CC1. The molecule has 1 atom stereocenters. The van der Waals surface area contributed by atoms with Gasteiger partial charge in [0.05, 0.1) is 7.11 Å². The zero-order chi connectivity index (χ0) is 14.5. The molecule has 0 radical (unpaired) electrons. The number of nitrogens with zero attached hydrogens (tertiary/aromatic N) is 1. The van der Waals surface area contributed by atoms with Crippen LogP contribution in [0.3, 0.4) is 0 Å². The first-order valence-corrected chi connectivity index (χ1v) is 7.49. The number of nitrogens with one attached hydrogen (secondary N) is 1. The molecule has 2 rings (SSSR count). The Hall–Kier alpha value is -1.26. The molecule has 4 heteroatoms. The standard InChI is InChI=1S/C16H26N2O2/c1-4-18-9-7-13(8-10-18)17-12(2)15-11-14(20-3)5-6-16(15)19/h5-6,11-13,17,19H,4,7-10H2,1-3H3. The van der Waals surface area contributed by atoms with Gasteiger partial charge in [0.25, 0.3) is 0 Å². The van der Waals surface area contributed by atoms with E-state index in [0.717, 1.165) is 30.9 Å². The fourth-order valence-corrected chi connectivity index (χ4v) is 2.87. The van der Waals surface area contributed by atoms with E-state index in [2.05, 4.69) is 24.1 Å². The van der Waals surface area contributed by atoms with Gasteiger partial charge in [-0.25, -0.2) is 0 Å². The monoisotopic (exact) mass is 278 g/mol. The van der Waals surface area contributed by atoms with E-state index >= 15 is 0 Å². The summed E-state index contributed by atoms with van der Waals surface area (Å²) in [6.45, 7) is 7.76. The predicted octanol–water partition coefficient (Wildman–Crippen LogP) is 2.54. The maximum atomic E-state index is 10.0. The molecule has 4 nitrogen and oxygen atoms in total. The fraction of sp³-hybridized carbons (Fsp3) is 0.625. The smallest absolute Gasteiger partial charge is 0.120 e. The van der Waals surface area contributed by atoms with Crippen LogP contribution in [0.1, 0.15) is 38.3 Å². The molecule has 112 valence electrons. The molecule has 1 fully saturated rings. The number of phenolic OH excluding ortho intramolecular Hbond substituents is 1. The molecule has 20 heavy (non-hydrogen) atoms. The normalized spacial score (nSPS) is 18.9. The zero-order valence-electron chi connectivity index (χ0n) is 12.7. The number of rotatable bonds is 5. The number of piperidine rings is 1. The summed E-state index contributed by atoms with van der Waals surface area (Å²) in [7, 11) is 1.65. The summed E-state index contributed by atoms with van der Waals surface area (Å²) < 4.78 is 5.23. The second-order valence-corrected chi connectivity index (χ2v) is 5.52. The molecule has 0 spiro atoms. The third kappa shape index (κ3) is 3.64. The number of aromatic hydroxyl groups is 1. The van der Waals surface area contributed by atoms with Gasteiger partial charge in [-0.1, -0.05) is 6.92 Å². The van der Waals surface area contributed by atoms with E-state index < -0.39 is 0 Å². The molecule has 1 aromatic carbocycles. The lowest BCUT2D eigenvalue weighted by atomic mass is 10.0. The number of hydrogen-bond donors (Lipinski definition) is 2. The molecule has 0 saturated carbocycles. The summed E-state index contributed by atoms with van der Waals surface area (Å²) in [5, 5.41) is 13.6. The van der Waals surface area contributed by atoms with E-state index in [1.807, 2.05) is 6.07 Å². The van der Waals surface area contributed by atoms with Crippen LogP contribution in [0.15, 0.2) is 18.2 Å². The van der Waals surface area contributed by atoms with Crippen molar-refractivity contribution in [1.82, 2.24) is 10.2 Å². The molecule has 0 amide bonds. The van der Waals surface area contributed by atoms with Crippen molar-refractivity contribution in [2.75, 3.05) is 26.7 Å². The second-order valence-electron chi connectivity index (χ2n) is 5.52. The van der Waals surface area contributed by atoms with Gasteiger partial charge in [-0.05, 0) is 57.6 Å². The average Bonchev–Trinajstić information content (AvgIpc) is 2.48. The van der Waals surface area contributed by atoms with Gasteiger partial charge in [0.15, 0.2) is 0 Å². The van der Waals surface area contributed by atoms with Crippen molar-refractivity contribution in [3.8, 4) is 11.5 Å². The van der Waals surface area contributed by atoms with Crippen LogP contribution < -0.4 is 10.1 Å². The van der Waals surface area contributed by atoms with Crippen LogP contribution in [0, 0.1) is 0 Å². The summed E-state index contributed by atoms with van der Waals surface area (Å²) in [6, 6.07) is 6.05. The van der Waals surface area contributed by atoms with Crippen molar-refractivity contribution in [2.24, 2.45) is 0 Å². The summed E-state index contributed by atoms with van der Waals surface area (Å²) in [4.78, 5) is 2.48. The van der Waals surface area contributed by atoms with Gasteiger partial charge in [-0.3, -0.25) is 0 Å². The largest absolute Gasteiger partial charge is 0.508 e. The van der Waals surface area contributed by atoms with Gasteiger partial charge in [0.1, 0.15) is 11.5 Å². The van der Waals surface area contributed by atoms with Crippen LogP contribution in [-0.2, 0) is 0 Å². The lowest BCUT2D eigenvalue weighted by Gasteiger charge is -2.33. The lowest BCUT2D eigenvalue weighted by Crippen LogP contribution is -2.43. The highest BCUT2D eigenvalue weighted by Crippen LogP contribution is 2.29. The Morgan fingerprint density at radius 1 is 1.40 bits per heavy atom. The highest BCUT2D eigenvalue weighted by Gasteiger charge is 2.21. The molecule has 0 bridgehead atoms. The molecule has 2 N–H and O–H groups in total. The molecule has 1 aliphatic heterocycles. The molecular formula is C16H26N2O2. The first-order chi connectivity index (χ1) is 9.63. The molecule has 1 aliphatic rings.